The summed E-state index contributed by atoms with van der Waals surface area (Å²) in [7, 11) is -3.45. The van der Waals surface area contributed by atoms with Crippen molar-refractivity contribution < 1.29 is 17.9 Å². The van der Waals surface area contributed by atoms with Gasteiger partial charge in [-0.3, -0.25) is 4.79 Å². The summed E-state index contributed by atoms with van der Waals surface area (Å²) in [6, 6.07) is 14.0. The first-order valence-electron chi connectivity index (χ1n) is 10.3. The summed E-state index contributed by atoms with van der Waals surface area (Å²) in [5.41, 5.74) is 1.89. The zero-order valence-corrected chi connectivity index (χ0v) is 18.9. The number of hydrogen-bond acceptors (Lipinski definition) is 6. The van der Waals surface area contributed by atoms with Crippen LogP contribution in [0.2, 0.25) is 0 Å². The van der Waals surface area contributed by atoms with Crippen LogP contribution in [0.25, 0.3) is 0 Å². The van der Waals surface area contributed by atoms with E-state index in [2.05, 4.69) is 11.0 Å². The lowest BCUT2D eigenvalue weighted by Crippen LogP contribution is -2.48. The van der Waals surface area contributed by atoms with E-state index in [1.54, 1.807) is 23.1 Å². The minimum absolute atomic E-state index is 0.0936. The number of nitrogens with zero attached hydrogens (tertiary/aromatic N) is 3. The van der Waals surface area contributed by atoms with E-state index in [1.165, 1.54) is 12.1 Å². The quantitative estimate of drug-likeness (QED) is 0.684. The topological polar surface area (TPSA) is 90.7 Å². The third-order valence-electron chi connectivity index (χ3n) is 5.44. The number of rotatable bonds is 6. The highest BCUT2D eigenvalue weighted by atomic mass is 32.2. The minimum atomic E-state index is -3.45. The second-order valence-electron chi connectivity index (χ2n) is 7.70. The molecule has 2 aromatic carbocycles. The normalized spacial score (nSPS) is 15.3. The fourth-order valence-corrected chi connectivity index (χ4v) is 4.04. The molecule has 1 saturated heterocycles. The highest BCUT2D eigenvalue weighted by molar-refractivity contribution is 7.90. The molecule has 0 radical (unpaired) electrons. The van der Waals surface area contributed by atoms with Gasteiger partial charge in [-0.2, -0.15) is 5.26 Å². The Hall–Kier alpha value is -3.05. The predicted molar refractivity (Wildman–Crippen MR) is 119 cm³/mol. The number of anilines is 1. The molecule has 2 aromatic rings. The summed E-state index contributed by atoms with van der Waals surface area (Å²) in [4.78, 5) is 17.3. The average Bonchev–Trinajstić information content (AvgIpc) is 2.78. The second-order valence-corrected chi connectivity index (χ2v) is 9.72. The van der Waals surface area contributed by atoms with Crippen LogP contribution in [0.5, 0.6) is 5.75 Å². The molecule has 0 saturated carbocycles. The Morgan fingerprint density at radius 3 is 2.32 bits per heavy atom. The fraction of sp³-hybridized carbons (Fsp3) is 0.391. The van der Waals surface area contributed by atoms with E-state index in [-0.39, 0.29) is 22.5 Å². The highest BCUT2D eigenvalue weighted by Gasteiger charge is 2.26. The lowest BCUT2D eigenvalue weighted by atomic mass is 10.1. The Morgan fingerprint density at radius 1 is 1.13 bits per heavy atom. The molecule has 1 atom stereocenters. The molecule has 1 amide bonds. The van der Waals surface area contributed by atoms with Gasteiger partial charge >= 0.3 is 0 Å². The third kappa shape index (κ3) is 5.36. The third-order valence-corrected chi connectivity index (χ3v) is 6.55. The molecule has 8 heteroatoms. The molecule has 1 heterocycles. The van der Waals surface area contributed by atoms with Gasteiger partial charge in [-0.1, -0.05) is 6.92 Å². The Morgan fingerprint density at radius 2 is 1.77 bits per heavy atom. The largest absolute Gasteiger partial charge is 0.490 e. The minimum Gasteiger partial charge on any atom is -0.490 e. The average molecular weight is 442 g/mol. The lowest BCUT2D eigenvalue weighted by Gasteiger charge is -2.36. The maximum atomic E-state index is 13.3. The van der Waals surface area contributed by atoms with Crippen LogP contribution < -0.4 is 9.64 Å². The van der Waals surface area contributed by atoms with E-state index in [4.69, 9.17) is 10.00 Å². The zero-order chi connectivity index (χ0) is 22.6. The summed E-state index contributed by atoms with van der Waals surface area (Å²) in [5.74, 6) is 0.171. The van der Waals surface area contributed by atoms with Crippen molar-refractivity contribution in [3.8, 4) is 11.8 Å². The van der Waals surface area contributed by atoms with Crippen molar-refractivity contribution in [3.63, 3.8) is 0 Å². The molecule has 3 rings (SSSR count). The van der Waals surface area contributed by atoms with Gasteiger partial charge in [0, 0.05) is 38.1 Å². The van der Waals surface area contributed by atoms with Gasteiger partial charge in [0.15, 0.2) is 9.84 Å². The van der Waals surface area contributed by atoms with Gasteiger partial charge in [0.05, 0.1) is 28.2 Å². The molecule has 0 aliphatic carbocycles. The molecule has 31 heavy (non-hydrogen) atoms. The summed E-state index contributed by atoms with van der Waals surface area (Å²) in [5, 5.41) is 8.95. The molecule has 1 unspecified atom stereocenters. The molecule has 1 fully saturated rings. The number of piperazine rings is 1. The van der Waals surface area contributed by atoms with Crippen LogP contribution in [0, 0.1) is 11.3 Å². The van der Waals surface area contributed by atoms with Crippen LogP contribution >= 0.6 is 0 Å². The molecule has 164 valence electrons. The monoisotopic (exact) mass is 441 g/mol. The van der Waals surface area contributed by atoms with Crippen molar-refractivity contribution in [1.82, 2.24) is 4.90 Å². The fourth-order valence-electron chi connectivity index (χ4n) is 3.39. The van der Waals surface area contributed by atoms with Gasteiger partial charge in [0.25, 0.3) is 5.91 Å². The number of sulfone groups is 1. The number of carbonyl (C=O) groups is 1. The van der Waals surface area contributed by atoms with Gasteiger partial charge in [0.2, 0.25) is 0 Å². The maximum Gasteiger partial charge on any atom is 0.257 e. The lowest BCUT2D eigenvalue weighted by molar-refractivity contribution is 0.0739. The Labute approximate surface area is 183 Å². The Balaban J connectivity index is 1.79. The number of amides is 1. The number of ether oxygens (including phenoxy) is 1. The first kappa shape index (κ1) is 22.6. The van der Waals surface area contributed by atoms with Crippen molar-refractivity contribution in [2.24, 2.45) is 0 Å². The number of benzene rings is 2. The highest BCUT2D eigenvalue weighted by Crippen LogP contribution is 2.27. The van der Waals surface area contributed by atoms with Crippen LogP contribution in [0.4, 0.5) is 5.69 Å². The molecule has 0 spiro atoms. The van der Waals surface area contributed by atoms with E-state index in [1.807, 2.05) is 26.0 Å². The molecule has 1 aliphatic heterocycles. The number of nitriles is 1. The van der Waals surface area contributed by atoms with Crippen molar-refractivity contribution >= 4 is 21.4 Å². The van der Waals surface area contributed by atoms with Crippen LogP contribution in [-0.4, -0.2) is 57.8 Å². The first-order chi connectivity index (χ1) is 14.7. The van der Waals surface area contributed by atoms with Crippen LogP contribution in [0.1, 0.15) is 36.2 Å². The Bertz CT molecular complexity index is 1080. The number of hydrogen-bond donors (Lipinski definition) is 0. The molecule has 1 aliphatic rings. The Kier molecular flexibility index (Phi) is 6.86. The van der Waals surface area contributed by atoms with E-state index in [0.29, 0.717) is 37.5 Å². The van der Waals surface area contributed by atoms with Crippen molar-refractivity contribution in [2.75, 3.05) is 37.3 Å². The maximum absolute atomic E-state index is 13.3. The van der Waals surface area contributed by atoms with E-state index < -0.39 is 9.84 Å². The first-order valence-corrected chi connectivity index (χ1v) is 12.2. The van der Waals surface area contributed by atoms with E-state index in [0.717, 1.165) is 18.4 Å². The molecule has 7 nitrogen and oxygen atoms in total. The molecular formula is C23H27N3O4S. The van der Waals surface area contributed by atoms with Crippen molar-refractivity contribution in [1.29, 1.82) is 5.26 Å². The predicted octanol–water partition coefficient (Wildman–Crippen LogP) is 3.10. The second kappa shape index (κ2) is 9.40. The summed E-state index contributed by atoms with van der Waals surface area (Å²) >= 11 is 0. The summed E-state index contributed by atoms with van der Waals surface area (Å²) in [6.07, 6.45) is 1.80. The molecular weight excluding hydrogens is 414 g/mol. The van der Waals surface area contributed by atoms with Crippen molar-refractivity contribution in [2.45, 2.75) is 31.3 Å². The van der Waals surface area contributed by atoms with Gasteiger partial charge in [-0.15, -0.1) is 0 Å². The smallest absolute Gasteiger partial charge is 0.257 e. The van der Waals surface area contributed by atoms with Gasteiger partial charge in [-0.05, 0) is 55.8 Å². The molecule has 0 bridgehead atoms. The summed E-state index contributed by atoms with van der Waals surface area (Å²) < 4.78 is 30.0. The van der Waals surface area contributed by atoms with Crippen molar-refractivity contribution in [3.05, 3.63) is 53.6 Å². The van der Waals surface area contributed by atoms with Crippen LogP contribution in [0.3, 0.4) is 0 Å². The van der Waals surface area contributed by atoms with Crippen LogP contribution in [-0.2, 0) is 9.84 Å². The molecule has 0 N–H and O–H groups in total. The van der Waals surface area contributed by atoms with Crippen LogP contribution in [0.15, 0.2) is 47.4 Å². The zero-order valence-electron chi connectivity index (χ0n) is 18.0. The number of carbonyl (C=O) groups excluding carboxylic acids is 1. The van der Waals surface area contributed by atoms with Gasteiger partial charge in [0.1, 0.15) is 5.75 Å². The van der Waals surface area contributed by atoms with Gasteiger partial charge in [-0.25, -0.2) is 8.42 Å². The standard InChI is InChI=1S/C23H27N3O4S/c1-4-17(2)30-22-10-9-20(31(3,28)29)15-21(22)23(27)26-13-11-25(12-14-26)19-7-5-18(16-24)6-8-19/h5-10,15,17H,4,11-14H2,1-3H3. The van der Waals surface area contributed by atoms with E-state index in [9.17, 15) is 13.2 Å². The van der Waals surface area contributed by atoms with Gasteiger partial charge < -0.3 is 14.5 Å². The van der Waals surface area contributed by atoms with E-state index >= 15 is 0 Å². The summed E-state index contributed by atoms with van der Waals surface area (Å²) in [6.45, 7) is 6.19. The SMILES string of the molecule is CCC(C)Oc1ccc(S(C)(=O)=O)cc1C(=O)N1CCN(c2ccc(C#N)cc2)CC1. The molecule has 0 aromatic heterocycles.